The molecule has 2 aromatic carbocycles. The Hall–Kier alpha value is -2.60. The molecule has 0 aliphatic rings. The number of hydrogen-bond donors (Lipinski definition) is 2. The van der Waals surface area contributed by atoms with Gasteiger partial charge in [0.15, 0.2) is 9.84 Å². The Morgan fingerprint density at radius 2 is 1.81 bits per heavy atom. The lowest BCUT2D eigenvalue weighted by Crippen LogP contribution is -2.26. The first kappa shape index (κ1) is 19.2. The van der Waals surface area contributed by atoms with Crippen LogP contribution in [0.5, 0.6) is 0 Å². The minimum atomic E-state index is -3.21. The standard InChI is InChI=1S/C21H24N2O3S/c1-15(16-10-12-18(13-11-16)27(2,25)26)23-21(24)9-5-6-17-14-22-20-8-4-3-7-19(17)20/h3-4,7-8,10-15,22H,5-6,9H2,1-2H3,(H,23,24). The van der Waals surface area contributed by atoms with Crippen molar-refractivity contribution in [1.82, 2.24) is 10.3 Å². The Bertz CT molecular complexity index is 1040. The third-order valence-corrected chi connectivity index (χ3v) is 5.84. The van der Waals surface area contributed by atoms with E-state index in [2.05, 4.69) is 16.4 Å². The molecule has 1 atom stereocenters. The summed E-state index contributed by atoms with van der Waals surface area (Å²) in [5.41, 5.74) is 3.22. The van der Waals surface area contributed by atoms with Crippen molar-refractivity contribution in [2.24, 2.45) is 0 Å². The highest BCUT2D eigenvalue weighted by molar-refractivity contribution is 7.90. The minimum Gasteiger partial charge on any atom is -0.361 e. The molecule has 1 unspecified atom stereocenters. The first-order valence-electron chi connectivity index (χ1n) is 8.99. The normalized spacial score (nSPS) is 12.8. The fourth-order valence-corrected chi connectivity index (χ4v) is 3.81. The molecule has 1 amide bonds. The predicted octanol–water partition coefficient (Wildman–Crippen LogP) is 3.77. The van der Waals surface area contributed by atoms with Gasteiger partial charge in [-0.05, 0) is 49.1 Å². The van der Waals surface area contributed by atoms with Crippen molar-refractivity contribution in [2.45, 2.75) is 37.1 Å². The lowest BCUT2D eigenvalue weighted by Gasteiger charge is -2.14. The number of aromatic nitrogens is 1. The Kier molecular flexibility index (Phi) is 5.65. The smallest absolute Gasteiger partial charge is 0.220 e. The number of para-hydroxylation sites is 1. The van der Waals surface area contributed by atoms with Gasteiger partial charge in [-0.1, -0.05) is 30.3 Å². The van der Waals surface area contributed by atoms with Crippen LogP contribution in [0.4, 0.5) is 0 Å². The van der Waals surface area contributed by atoms with Crippen LogP contribution in [0.1, 0.15) is 36.9 Å². The predicted molar refractivity (Wildman–Crippen MR) is 107 cm³/mol. The van der Waals surface area contributed by atoms with Gasteiger partial charge in [0.2, 0.25) is 5.91 Å². The molecule has 5 nitrogen and oxygen atoms in total. The van der Waals surface area contributed by atoms with Gasteiger partial charge in [0, 0.05) is 29.8 Å². The molecule has 3 aromatic rings. The van der Waals surface area contributed by atoms with E-state index < -0.39 is 9.84 Å². The molecule has 3 rings (SSSR count). The van der Waals surface area contributed by atoms with Crippen molar-refractivity contribution >= 4 is 26.6 Å². The Balaban J connectivity index is 1.51. The molecule has 0 radical (unpaired) electrons. The summed E-state index contributed by atoms with van der Waals surface area (Å²) >= 11 is 0. The van der Waals surface area contributed by atoms with Crippen LogP contribution in [-0.2, 0) is 21.1 Å². The van der Waals surface area contributed by atoms with E-state index in [4.69, 9.17) is 0 Å². The number of carbonyl (C=O) groups is 1. The number of benzene rings is 2. The zero-order valence-corrected chi connectivity index (χ0v) is 16.3. The van der Waals surface area contributed by atoms with E-state index in [-0.39, 0.29) is 16.8 Å². The number of aryl methyl sites for hydroxylation is 1. The van der Waals surface area contributed by atoms with Crippen LogP contribution < -0.4 is 5.32 Å². The summed E-state index contributed by atoms with van der Waals surface area (Å²) in [6.07, 6.45) is 5.25. The molecule has 0 aliphatic carbocycles. The van der Waals surface area contributed by atoms with Crippen molar-refractivity contribution in [3.8, 4) is 0 Å². The van der Waals surface area contributed by atoms with E-state index >= 15 is 0 Å². The molecule has 0 aliphatic heterocycles. The summed E-state index contributed by atoms with van der Waals surface area (Å²) in [5, 5.41) is 4.18. The van der Waals surface area contributed by atoms with Gasteiger partial charge in [0.25, 0.3) is 0 Å². The quantitative estimate of drug-likeness (QED) is 0.651. The average molecular weight is 385 g/mol. The van der Waals surface area contributed by atoms with Crippen LogP contribution in [0.2, 0.25) is 0 Å². The van der Waals surface area contributed by atoms with Gasteiger partial charge in [-0.25, -0.2) is 8.42 Å². The average Bonchev–Trinajstić information content (AvgIpc) is 3.04. The van der Waals surface area contributed by atoms with Crippen molar-refractivity contribution in [1.29, 1.82) is 0 Å². The Labute approximate surface area is 159 Å². The van der Waals surface area contributed by atoms with Gasteiger partial charge in [-0.2, -0.15) is 0 Å². The largest absolute Gasteiger partial charge is 0.361 e. The first-order chi connectivity index (χ1) is 12.8. The van der Waals surface area contributed by atoms with E-state index in [9.17, 15) is 13.2 Å². The number of sulfone groups is 1. The van der Waals surface area contributed by atoms with E-state index in [1.807, 2.05) is 31.3 Å². The van der Waals surface area contributed by atoms with Crippen LogP contribution in [-0.4, -0.2) is 25.6 Å². The highest BCUT2D eigenvalue weighted by atomic mass is 32.2. The van der Waals surface area contributed by atoms with Crippen molar-refractivity contribution < 1.29 is 13.2 Å². The maximum absolute atomic E-state index is 12.2. The maximum atomic E-state index is 12.2. The summed E-state index contributed by atoms with van der Waals surface area (Å²) in [4.78, 5) is 15.8. The van der Waals surface area contributed by atoms with Gasteiger partial charge < -0.3 is 10.3 Å². The highest BCUT2D eigenvalue weighted by Crippen LogP contribution is 2.20. The van der Waals surface area contributed by atoms with Crippen molar-refractivity contribution in [3.05, 3.63) is 65.9 Å². The molecule has 0 saturated heterocycles. The SMILES string of the molecule is CC(NC(=O)CCCc1c[nH]c2ccccc12)c1ccc(S(C)(=O)=O)cc1. The topological polar surface area (TPSA) is 79.0 Å². The van der Waals surface area contributed by atoms with Crippen LogP contribution >= 0.6 is 0 Å². The number of fused-ring (bicyclic) bond motifs is 1. The van der Waals surface area contributed by atoms with Crippen molar-refractivity contribution in [3.63, 3.8) is 0 Å². The lowest BCUT2D eigenvalue weighted by molar-refractivity contribution is -0.121. The monoisotopic (exact) mass is 384 g/mol. The van der Waals surface area contributed by atoms with E-state index in [1.165, 1.54) is 17.2 Å². The van der Waals surface area contributed by atoms with E-state index in [0.29, 0.717) is 6.42 Å². The molecule has 1 aromatic heterocycles. The van der Waals surface area contributed by atoms with Crippen LogP contribution in [0.3, 0.4) is 0 Å². The molecule has 27 heavy (non-hydrogen) atoms. The van der Waals surface area contributed by atoms with Crippen LogP contribution in [0, 0.1) is 0 Å². The molecular weight excluding hydrogens is 360 g/mol. The summed E-state index contributed by atoms with van der Waals surface area (Å²) in [6.45, 7) is 1.90. The summed E-state index contributed by atoms with van der Waals surface area (Å²) in [6, 6.07) is 14.6. The molecular formula is C21H24N2O3S. The number of amides is 1. The van der Waals surface area contributed by atoms with E-state index in [1.54, 1.807) is 24.3 Å². The number of hydrogen-bond acceptors (Lipinski definition) is 3. The second-order valence-electron chi connectivity index (χ2n) is 6.84. The fraction of sp³-hybridized carbons (Fsp3) is 0.286. The number of aromatic amines is 1. The van der Waals surface area contributed by atoms with Crippen molar-refractivity contribution in [2.75, 3.05) is 6.26 Å². The zero-order valence-electron chi connectivity index (χ0n) is 15.5. The maximum Gasteiger partial charge on any atom is 0.220 e. The van der Waals surface area contributed by atoms with Gasteiger partial charge >= 0.3 is 0 Å². The molecule has 6 heteroatoms. The van der Waals surface area contributed by atoms with Gasteiger partial charge in [0.05, 0.1) is 10.9 Å². The summed E-state index contributed by atoms with van der Waals surface area (Å²) < 4.78 is 23.0. The summed E-state index contributed by atoms with van der Waals surface area (Å²) in [5.74, 6) is -0.00506. The molecule has 0 spiro atoms. The fourth-order valence-electron chi connectivity index (χ4n) is 3.18. The lowest BCUT2D eigenvalue weighted by atomic mass is 10.1. The van der Waals surface area contributed by atoms with Gasteiger partial charge in [-0.15, -0.1) is 0 Å². The highest BCUT2D eigenvalue weighted by Gasteiger charge is 2.12. The Morgan fingerprint density at radius 1 is 1.11 bits per heavy atom. The molecule has 1 heterocycles. The number of nitrogens with one attached hydrogen (secondary N) is 2. The molecule has 2 N–H and O–H groups in total. The minimum absolute atomic E-state index is 0.00506. The second kappa shape index (κ2) is 7.96. The van der Waals surface area contributed by atoms with Gasteiger partial charge in [-0.3, -0.25) is 4.79 Å². The number of rotatable bonds is 7. The second-order valence-corrected chi connectivity index (χ2v) is 8.86. The molecule has 0 fully saturated rings. The van der Waals surface area contributed by atoms with Gasteiger partial charge in [0.1, 0.15) is 0 Å². The molecule has 0 saturated carbocycles. The third kappa shape index (κ3) is 4.77. The summed E-state index contributed by atoms with van der Waals surface area (Å²) in [7, 11) is -3.21. The Morgan fingerprint density at radius 3 is 2.52 bits per heavy atom. The van der Waals surface area contributed by atoms with Crippen LogP contribution in [0.15, 0.2) is 59.6 Å². The first-order valence-corrected chi connectivity index (χ1v) is 10.9. The molecule has 0 bridgehead atoms. The third-order valence-electron chi connectivity index (χ3n) is 4.71. The van der Waals surface area contributed by atoms with Crippen LogP contribution in [0.25, 0.3) is 10.9 Å². The molecule has 142 valence electrons. The van der Waals surface area contributed by atoms with E-state index in [0.717, 1.165) is 23.9 Å². The number of carbonyl (C=O) groups excluding carboxylic acids is 1. The number of H-pyrrole nitrogens is 1. The zero-order chi connectivity index (χ0) is 19.4.